The predicted octanol–water partition coefficient (Wildman–Crippen LogP) is 2.25. The van der Waals surface area contributed by atoms with E-state index in [2.05, 4.69) is 10.6 Å². The van der Waals surface area contributed by atoms with E-state index >= 15 is 0 Å². The summed E-state index contributed by atoms with van der Waals surface area (Å²) >= 11 is 0. The van der Waals surface area contributed by atoms with E-state index in [1.165, 1.54) is 0 Å². The minimum atomic E-state index is -3.35. The molecule has 31 heavy (non-hydrogen) atoms. The van der Waals surface area contributed by atoms with Crippen LogP contribution in [0.15, 0.2) is 48.5 Å². The summed E-state index contributed by atoms with van der Waals surface area (Å²) in [5.74, 6) is 1.30. The van der Waals surface area contributed by atoms with Crippen molar-refractivity contribution in [3.8, 4) is 11.5 Å². The number of ether oxygens (including phenoxy) is 2. The first-order valence-corrected chi connectivity index (χ1v) is 12.1. The van der Waals surface area contributed by atoms with Gasteiger partial charge in [-0.25, -0.2) is 17.5 Å². The van der Waals surface area contributed by atoms with Crippen LogP contribution >= 0.6 is 0 Å². The van der Waals surface area contributed by atoms with Crippen molar-refractivity contribution in [1.29, 1.82) is 0 Å². The summed E-state index contributed by atoms with van der Waals surface area (Å²) in [6.07, 6.45) is 1.53. The number of urea groups is 1. The first kappa shape index (κ1) is 21.5. The van der Waals surface area contributed by atoms with E-state index in [0.29, 0.717) is 43.3 Å². The molecule has 0 aliphatic carbocycles. The molecule has 2 amide bonds. The van der Waals surface area contributed by atoms with E-state index in [1.807, 2.05) is 42.5 Å². The van der Waals surface area contributed by atoms with Crippen LogP contribution in [-0.4, -0.2) is 51.1 Å². The second-order valence-corrected chi connectivity index (χ2v) is 9.66. The normalized spacial score (nSPS) is 18.5. The molecular weight excluding hydrogens is 418 g/mol. The van der Waals surface area contributed by atoms with Crippen LogP contribution in [0.5, 0.6) is 11.5 Å². The van der Waals surface area contributed by atoms with E-state index in [1.54, 1.807) is 10.4 Å². The minimum absolute atomic E-state index is 0.0564. The first-order valence-electron chi connectivity index (χ1n) is 10.5. The third-order valence-electron chi connectivity index (χ3n) is 5.41. The fraction of sp³-hybridized carbons (Fsp3) is 0.409. The molecule has 2 aliphatic rings. The maximum atomic E-state index is 12.7. The lowest BCUT2D eigenvalue weighted by Gasteiger charge is -2.26. The van der Waals surface area contributed by atoms with Crippen molar-refractivity contribution >= 4 is 16.1 Å². The molecule has 1 fully saturated rings. The second kappa shape index (κ2) is 9.57. The molecule has 166 valence electrons. The zero-order valence-electron chi connectivity index (χ0n) is 17.2. The van der Waals surface area contributed by atoms with Gasteiger partial charge < -0.3 is 20.1 Å². The molecule has 1 atom stereocenters. The van der Waals surface area contributed by atoms with Crippen LogP contribution in [0.25, 0.3) is 0 Å². The largest absolute Gasteiger partial charge is 0.486 e. The minimum Gasteiger partial charge on any atom is -0.486 e. The Morgan fingerprint density at radius 3 is 2.42 bits per heavy atom. The van der Waals surface area contributed by atoms with E-state index < -0.39 is 10.0 Å². The summed E-state index contributed by atoms with van der Waals surface area (Å²) in [6, 6.07) is 14.4. The number of carbonyl (C=O) groups excluding carboxylic acids is 1. The van der Waals surface area contributed by atoms with Gasteiger partial charge in [0.25, 0.3) is 0 Å². The Kier molecular flexibility index (Phi) is 6.62. The summed E-state index contributed by atoms with van der Waals surface area (Å²) < 4.78 is 38.3. The van der Waals surface area contributed by atoms with E-state index in [4.69, 9.17) is 9.47 Å². The molecule has 2 aliphatic heterocycles. The molecule has 0 radical (unpaired) electrons. The summed E-state index contributed by atoms with van der Waals surface area (Å²) in [7, 11) is -3.35. The molecule has 0 aromatic heterocycles. The standard InChI is InChI=1S/C22H27N3O5S/c26-22(24-14-19-15-29-20-9-3-4-10-21(20)30-19)23-13-17-7-1-2-8-18(17)16-31(27,28)25-11-5-6-12-25/h1-4,7-10,19H,5-6,11-16H2,(H2,23,24,26). The van der Waals surface area contributed by atoms with Crippen LogP contribution in [0.2, 0.25) is 0 Å². The van der Waals surface area contributed by atoms with E-state index in [0.717, 1.165) is 18.4 Å². The number of amides is 2. The smallest absolute Gasteiger partial charge is 0.315 e. The molecule has 8 nitrogen and oxygen atoms in total. The number of nitrogens with zero attached hydrogens (tertiary/aromatic N) is 1. The lowest BCUT2D eigenvalue weighted by Crippen LogP contribution is -2.44. The fourth-order valence-corrected chi connectivity index (χ4v) is 5.40. The molecule has 2 heterocycles. The van der Waals surface area contributed by atoms with Crippen molar-refractivity contribution in [2.24, 2.45) is 0 Å². The van der Waals surface area contributed by atoms with Crippen LogP contribution < -0.4 is 20.1 Å². The van der Waals surface area contributed by atoms with Crippen molar-refractivity contribution in [3.63, 3.8) is 0 Å². The van der Waals surface area contributed by atoms with Gasteiger partial charge in [-0.05, 0) is 36.1 Å². The Balaban J connectivity index is 1.28. The average Bonchev–Trinajstić information content (AvgIpc) is 3.33. The highest BCUT2D eigenvalue weighted by atomic mass is 32.2. The second-order valence-electron chi connectivity index (χ2n) is 7.69. The maximum absolute atomic E-state index is 12.7. The fourth-order valence-electron chi connectivity index (χ4n) is 3.73. The zero-order chi connectivity index (χ0) is 21.7. The Hall–Kier alpha value is -2.78. The lowest BCUT2D eigenvalue weighted by molar-refractivity contribution is 0.0918. The van der Waals surface area contributed by atoms with Crippen LogP contribution in [0, 0.1) is 0 Å². The number of benzene rings is 2. The van der Waals surface area contributed by atoms with Gasteiger partial charge in [-0.1, -0.05) is 36.4 Å². The maximum Gasteiger partial charge on any atom is 0.315 e. The molecule has 9 heteroatoms. The molecule has 0 saturated carbocycles. The van der Waals surface area contributed by atoms with Crippen molar-refractivity contribution in [2.45, 2.75) is 31.2 Å². The summed E-state index contributed by atoms with van der Waals surface area (Å²) in [5, 5.41) is 5.58. The number of nitrogens with one attached hydrogen (secondary N) is 2. The molecule has 2 aromatic rings. The first-order chi connectivity index (χ1) is 15.0. The highest BCUT2D eigenvalue weighted by molar-refractivity contribution is 7.88. The summed E-state index contributed by atoms with van der Waals surface area (Å²) in [4.78, 5) is 12.3. The van der Waals surface area contributed by atoms with Gasteiger partial charge in [0.15, 0.2) is 17.6 Å². The van der Waals surface area contributed by atoms with Crippen molar-refractivity contribution < 1.29 is 22.7 Å². The predicted molar refractivity (Wildman–Crippen MR) is 116 cm³/mol. The van der Waals surface area contributed by atoms with Gasteiger partial charge in [-0.3, -0.25) is 0 Å². The van der Waals surface area contributed by atoms with Crippen molar-refractivity contribution in [1.82, 2.24) is 14.9 Å². The Morgan fingerprint density at radius 2 is 1.65 bits per heavy atom. The Morgan fingerprint density at radius 1 is 0.968 bits per heavy atom. The monoisotopic (exact) mass is 445 g/mol. The van der Waals surface area contributed by atoms with Gasteiger partial charge in [0.2, 0.25) is 10.0 Å². The molecule has 1 saturated heterocycles. The molecule has 2 N–H and O–H groups in total. The third kappa shape index (κ3) is 5.48. The van der Waals surface area contributed by atoms with E-state index in [9.17, 15) is 13.2 Å². The number of carbonyl (C=O) groups is 1. The lowest BCUT2D eigenvalue weighted by atomic mass is 10.1. The Bertz CT molecular complexity index is 1020. The van der Waals surface area contributed by atoms with Crippen LogP contribution in [-0.2, 0) is 22.3 Å². The van der Waals surface area contributed by atoms with Gasteiger partial charge in [-0.15, -0.1) is 0 Å². The Labute approximate surface area is 182 Å². The highest BCUT2D eigenvalue weighted by Gasteiger charge is 2.26. The number of sulfonamides is 1. The summed E-state index contributed by atoms with van der Waals surface area (Å²) in [6.45, 7) is 2.06. The number of rotatable bonds is 7. The molecule has 0 bridgehead atoms. The van der Waals surface area contributed by atoms with Crippen molar-refractivity contribution in [3.05, 3.63) is 59.7 Å². The molecule has 4 rings (SSSR count). The van der Waals surface area contributed by atoms with Crippen LogP contribution in [0.4, 0.5) is 4.79 Å². The number of para-hydroxylation sites is 2. The topological polar surface area (TPSA) is 97.0 Å². The van der Waals surface area contributed by atoms with Gasteiger partial charge in [0.1, 0.15) is 6.61 Å². The van der Waals surface area contributed by atoms with Crippen LogP contribution in [0.3, 0.4) is 0 Å². The quantitative estimate of drug-likeness (QED) is 0.681. The average molecular weight is 446 g/mol. The summed E-state index contributed by atoms with van der Waals surface area (Å²) in [5.41, 5.74) is 1.49. The van der Waals surface area contributed by atoms with Crippen LogP contribution in [0.1, 0.15) is 24.0 Å². The van der Waals surface area contributed by atoms with Gasteiger partial charge in [-0.2, -0.15) is 0 Å². The SMILES string of the molecule is O=C(NCc1ccccc1CS(=O)(=O)N1CCCC1)NCC1COc2ccccc2O1. The number of fused-ring (bicyclic) bond motifs is 1. The molecule has 2 aromatic carbocycles. The van der Waals surface area contributed by atoms with E-state index in [-0.39, 0.29) is 24.4 Å². The number of hydrogen-bond acceptors (Lipinski definition) is 5. The van der Waals surface area contributed by atoms with Gasteiger partial charge in [0.05, 0.1) is 12.3 Å². The third-order valence-corrected chi connectivity index (χ3v) is 7.24. The zero-order valence-corrected chi connectivity index (χ0v) is 18.1. The van der Waals surface area contributed by atoms with Gasteiger partial charge >= 0.3 is 6.03 Å². The number of hydrogen-bond donors (Lipinski definition) is 2. The van der Waals surface area contributed by atoms with Gasteiger partial charge in [0, 0.05) is 19.6 Å². The molecular formula is C22H27N3O5S. The molecule has 1 unspecified atom stereocenters. The van der Waals surface area contributed by atoms with Crippen molar-refractivity contribution in [2.75, 3.05) is 26.2 Å². The molecule has 0 spiro atoms. The highest BCUT2D eigenvalue weighted by Crippen LogP contribution is 2.30.